The Labute approximate surface area is 410 Å². The molecule has 8 rings (SSSR count). The lowest BCUT2D eigenvalue weighted by atomic mass is 9.85. The Morgan fingerprint density at radius 1 is 0.870 bits per heavy atom. The second kappa shape index (κ2) is 22.3. The number of hydrogen-bond donors (Lipinski definition) is 4. The first-order valence-electron chi connectivity index (χ1n) is 24.2. The zero-order chi connectivity index (χ0) is 48.7. The standard InChI is InChI=1S/C54H67N7O7S/c1-36(38-11-13-40(14-12-38)50-37(2)55-35-69-50)56-52(65)47-32-44(63)33-61(47)53(66)51(54(3,4)5)57-48(64)34-67-29-27-58-23-25-59(26-24-58)28-30-68-45-18-15-39(16-19-45)49-46-20-17-43(62)31-41(46)21-22-60(49)42-9-7-6-8-10-42/h6-20,31,35-36,44,47,49,51,62-63H,21-30,32-34H2,1-5H3,(H,56,65)(H,57,64)/t36?,44-,47+,49?,51?/m1/s1. The molecule has 3 aliphatic heterocycles. The second-order valence-electron chi connectivity index (χ2n) is 19.6. The van der Waals surface area contributed by atoms with Crippen LogP contribution in [0.5, 0.6) is 11.5 Å². The third kappa shape index (κ3) is 12.3. The Morgan fingerprint density at radius 3 is 2.23 bits per heavy atom. The van der Waals surface area contributed by atoms with Gasteiger partial charge >= 0.3 is 0 Å². The molecule has 2 saturated heterocycles. The van der Waals surface area contributed by atoms with Crippen molar-refractivity contribution >= 4 is 34.7 Å². The number of aromatic nitrogens is 1. The van der Waals surface area contributed by atoms with Crippen LogP contribution in [0.25, 0.3) is 10.4 Å². The first-order valence-corrected chi connectivity index (χ1v) is 25.1. The van der Waals surface area contributed by atoms with Gasteiger partial charge in [-0.15, -0.1) is 11.3 Å². The van der Waals surface area contributed by atoms with E-state index < -0.39 is 35.4 Å². The average Bonchev–Trinajstić information content (AvgIpc) is 3.97. The number of nitrogens with one attached hydrogen (secondary N) is 2. The maximum atomic E-state index is 14.1. The molecule has 14 nitrogen and oxygen atoms in total. The number of carbonyl (C=O) groups excluding carboxylic acids is 3. The highest BCUT2D eigenvalue weighted by Gasteiger charge is 2.45. The molecule has 0 saturated carbocycles. The predicted molar refractivity (Wildman–Crippen MR) is 269 cm³/mol. The van der Waals surface area contributed by atoms with E-state index in [1.54, 1.807) is 17.4 Å². The van der Waals surface area contributed by atoms with E-state index in [1.807, 2.05) is 82.6 Å². The van der Waals surface area contributed by atoms with Gasteiger partial charge in [0.2, 0.25) is 17.7 Å². The number of aromatic hydroxyl groups is 1. The van der Waals surface area contributed by atoms with Gasteiger partial charge in [0.05, 0.1) is 40.9 Å². The lowest BCUT2D eigenvalue weighted by Crippen LogP contribution is -2.58. The van der Waals surface area contributed by atoms with Crippen LogP contribution in [-0.4, -0.2) is 138 Å². The van der Waals surface area contributed by atoms with Crippen LogP contribution in [0.3, 0.4) is 0 Å². The average molecular weight is 958 g/mol. The highest BCUT2D eigenvalue weighted by Crippen LogP contribution is 2.40. The summed E-state index contributed by atoms with van der Waals surface area (Å²) in [5.74, 6) is -0.0472. The topological polar surface area (TPSA) is 160 Å². The summed E-state index contributed by atoms with van der Waals surface area (Å²) in [7, 11) is 0. The number of fused-ring (bicyclic) bond motifs is 1. The van der Waals surface area contributed by atoms with E-state index in [-0.39, 0.29) is 37.6 Å². The van der Waals surface area contributed by atoms with Crippen LogP contribution in [0.15, 0.2) is 103 Å². The quantitative estimate of drug-likeness (QED) is 0.0769. The highest BCUT2D eigenvalue weighted by molar-refractivity contribution is 7.13. The molecule has 3 unspecified atom stereocenters. The number of phenols is 1. The number of piperazine rings is 1. The van der Waals surface area contributed by atoms with Crippen molar-refractivity contribution in [2.75, 3.05) is 77.1 Å². The predicted octanol–water partition coefficient (Wildman–Crippen LogP) is 6.36. The molecule has 3 aliphatic rings. The molecule has 0 radical (unpaired) electrons. The van der Waals surface area contributed by atoms with Gasteiger partial charge in [-0.2, -0.15) is 0 Å². The van der Waals surface area contributed by atoms with Crippen LogP contribution in [0.2, 0.25) is 0 Å². The fourth-order valence-electron chi connectivity index (χ4n) is 9.72. The van der Waals surface area contributed by atoms with Crippen molar-refractivity contribution in [1.29, 1.82) is 0 Å². The number of phenolic OH excluding ortho intramolecular Hbond substituents is 1. The lowest BCUT2D eigenvalue weighted by molar-refractivity contribution is -0.144. The van der Waals surface area contributed by atoms with Crippen molar-refractivity contribution in [3.63, 3.8) is 0 Å². The van der Waals surface area contributed by atoms with Crippen molar-refractivity contribution < 1.29 is 34.1 Å². The number of benzene rings is 4. The largest absolute Gasteiger partial charge is 0.508 e. The molecule has 0 aliphatic carbocycles. The van der Waals surface area contributed by atoms with Gasteiger partial charge in [0.25, 0.3) is 0 Å². The van der Waals surface area contributed by atoms with E-state index in [0.717, 1.165) is 73.1 Å². The summed E-state index contributed by atoms with van der Waals surface area (Å²) < 4.78 is 12.0. The number of carbonyl (C=O) groups is 3. The number of nitrogens with zero attached hydrogens (tertiary/aromatic N) is 5. The SMILES string of the molecule is Cc1ncsc1-c1ccc(C(C)NC(=O)[C@@H]2C[C@@H](O)CN2C(=O)C(NC(=O)COCCN2CCN(CCOc3ccc(C4c5ccc(O)cc5CCN4c4ccccc4)cc3)CC2)C(C)(C)C)cc1. The van der Waals surface area contributed by atoms with Crippen molar-refractivity contribution in [2.45, 2.75) is 77.7 Å². The number of rotatable bonds is 17. The van der Waals surface area contributed by atoms with Crippen molar-refractivity contribution in [3.8, 4) is 21.9 Å². The fourth-order valence-corrected chi connectivity index (χ4v) is 10.5. The number of para-hydroxylation sites is 1. The van der Waals surface area contributed by atoms with Crippen LogP contribution in [0, 0.1) is 12.3 Å². The van der Waals surface area contributed by atoms with Crippen molar-refractivity contribution in [1.82, 2.24) is 30.3 Å². The summed E-state index contributed by atoms with van der Waals surface area (Å²) in [6, 6.07) is 30.5. The van der Waals surface area contributed by atoms with Gasteiger partial charge in [0.1, 0.15) is 36.8 Å². The molecule has 69 heavy (non-hydrogen) atoms. The van der Waals surface area contributed by atoms with Gasteiger partial charge in [-0.25, -0.2) is 4.98 Å². The number of ether oxygens (including phenoxy) is 2. The number of anilines is 1. The van der Waals surface area contributed by atoms with Crippen LogP contribution in [0.4, 0.5) is 5.69 Å². The van der Waals surface area contributed by atoms with E-state index in [9.17, 15) is 24.6 Å². The summed E-state index contributed by atoms with van der Waals surface area (Å²) in [6.45, 7) is 16.1. The van der Waals surface area contributed by atoms with Crippen LogP contribution in [-0.2, 0) is 25.5 Å². The normalized spacial score (nSPS) is 19.7. The third-order valence-electron chi connectivity index (χ3n) is 13.6. The minimum atomic E-state index is -0.937. The number of β-amino-alcohol motifs (C(OH)–C–C–N with tert-alkyl or cyclic N) is 1. The Balaban J connectivity index is 0.748. The van der Waals surface area contributed by atoms with E-state index >= 15 is 0 Å². The summed E-state index contributed by atoms with van der Waals surface area (Å²) in [5.41, 5.74) is 8.81. The Bertz CT molecular complexity index is 2510. The van der Waals surface area contributed by atoms with Gasteiger partial charge in [0.15, 0.2) is 0 Å². The number of thiazole rings is 1. The fraction of sp³-hybridized carbons (Fsp3) is 0.444. The van der Waals surface area contributed by atoms with Crippen molar-refractivity contribution in [2.24, 2.45) is 5.41 Å². The smallest absolute Gasteiger partial charge is 0.246 e. The number of aliphatic hydroxyl groups excluding tert-OH is 1. The molecule has 0 bridgehead atoms. The monoisotopic (exact) mass is 957 g/mol. The molecular weight excluding hydrogens is 891 g/mol. The number of aliphatic hydroxyl groups is 1. The Morgan fingerprint density at radius 2 is 1.57 bits per heavy atom. The number of amides is 3. The van der Waals surface area contributed by atoms with Gasteiger partial charge < -0.3 is 40.1 Å². The molecule has 366 valence electrons. The summed E-state index contributed by atoms with van der Waals surface area (Å²) >= 11 is 1.58. The molecule has 4 aromatic carbocycles. The van der Waals surface area contributed by atoms with Crippen LogP contribution < -0.4 is 20.3 Å². The number of hydrogen-bond acceptors (Lipinski definition) is 12. The summed E-state index contributed by atoms with van der Waals surface area (Å²) in [5, 5.41) is 26.8. The van der Waals surface area contributed by atoms with E-state index in [0.29, 0.717) is 25.5 Å². The summed E-state index contributed by atoms with van der Waals surface area (Å²) in [4.78, 5) is 55.1. The Kier molecular flexibility index (Phi) is 16.0. The number of likely N-dealkylation sites (tertiary alicyclic amines) is 1. The van der Waals surface area contributed by atoms with E-state index in [2.05, 4.69) is 78.8 Å². The van der Waals surface area contributed by atoms with Crippen LogP contribution >= 0.6 is 11.3 Å². The highest BCUT2D eigenvalue weighted by atomic mass is 32.1. The molecule has 5 aromatic rings. The van der Waals surface area contributed by atoms with E-state index in [1.165, 1.54) is 27.3 Å². The lowest BCUT2D eigenvalue weighted by Gasteiger charge is -2.39. The number of aryl methyl sites for hydroxylation is 1. The molecule has 5 atom stereocenters. The first kappa shape index (κ1) is 49.6. The third-order valence-corrected chi connectivity index (χ3v) is 14.6. The molecule has 3 amide bonds. The maximum Gasteiger partial charge on any atom is 0.246 e. The minimum Gasteiger partial charge on any atom is -0.508 e. The van der Waals surface area contributed by atoms with E-state index in [4.69, 9.17) is 9.47 Å². The molecule has 15 heteroatoms. The molecule has 0 spiro atoms. The van der Waals surface area contributed by atoms with Gasteiger partial charge in [-0.1, -0.05) is 81.4 Å². The van der Waals surface area contributed by atoms with Gasteiger partial charge in [-0.3, -0.25) is 24.2 Å². The first-order chi connectivity index (χ1) is 33.2. The molecule has 4 heterocycles. The maximum absolute atomic E-state index is 14.1. The van der Waals surface area contributed by atoms with Gasteiger partial charge in [-0.05, 0) is 89.9 Å². The minimum absolute atomic E-state index is 0.000957. The van der Waals surface area contributed by atoms with Crippen molar-refractivity contribution in [3.05, 3.63) is 131 Å². The molecular formula is C54H67N7O7S. The second-order valence-corrected chi connectivity index (χ2v) is 20.5. The molecule has 4 N–H and O–H groups in total. The molecule has 2 fully saturated rings. The van der Waals surface area contributed by atoms with Crippen LogP contribution in [0.1, 0.15) is 74.1 Å². The zero-order valence-corrected chi connectivity index (χ0v) is 41.3. The van der Waals surface area contributed by atoms with Gasteiger partial charge in [0, 0.05) is 64.5 Å². The summed E-state index contributed by atoms with van der Waals surface area (Å²) in [6.07, 6.45) is 0.114. The molecule has 1 aromatic heterocycles. The zero-order valence-electron chi connectivity index (χ0n) is 40.5. The Hall–Kier alpha value is -5.84.